The number of aryl methyl sites for hydroxylation is 1. The van der Waals surface area contributed by atoms with Gasteiger partial charge in [0.15, 0.2) is 0 Å². The molecule has 1 amide bonds. The highest BCUT2D eigenvalue weighted by molar-refractivity contribution is 7.17. The Morgan fingerprint density at radius 1 is 1.32 bits per heavy atom. The zero-order valence-corrected chi connectivity index (χ0v) is 12.2. The van der Waals surface area contributed by atoms with E-state index in [1.807, 2.05) is 6.92 Å². The summed E-state index contributed by atoms with van der Waals surface area (Å²) in [5.74, 6) is -0.451. The molecule has 0 bridgehead atoms. The lowest BCUT2D eigenvalue weighted by molar-refractivity contribution is -0.114. The highest BCUT2D eigenvalue weighted by atomic mass is 32.1. The van der Waals surface area contributed by atoms with Crippen LogP contribution in [0.15, 0.2) is 0 Å². The number of anilines is 1. The van der Waals surface area contributed by atoms with E-state index < -0.39 is 0 Å². The summed E-state index contributed by atoms with van der Waals surface area (Å²) in [6, 6.07) is 0. The molecule has 1 N–H and O–H groups in total. The van der Waals surface area contributed by atoms with Crippen molar-refractivity contribution in [2.45, 2.75) is 46.0 Å². The van der Waals surface area contributed by atoms with Crippen LogP contribution in [0.5, 0.6) is 0 Å². The molecule has 5 heteroatoms. The van der Waals surface area contributed by atoms with Crippen molar-refractivity contribution in [2.24, 2.45) is 0 Å². The summed E-state index contributed by atoms with van der Waals surface area (Å²) in [4.78, 5) is 24.7. The van der Waals surface area contributed by atoms with Crippen LogP contribution < -0.4 is 5.32 Å². The van der Waals surface area contributed by atoms with Crippen LogP contribution in [0.4, 0.5) is 5.00 Å². The van der Waals surface area contributed by atoms with Crippen LogP contribution in [0.2, 0.25) is 0 Å². The first kappa shape index (κ1) is 14.1. The molecule has 0 saturated heterocycles. The third-order valence-corrected chi connectivity index (χ3v) is 4.31. The fraction of sp³-hybridized carbons (Fsp3) is 0.571. The number of hydrogen-bond donors (Lipinski definition) is 1. The number of nitrogens with one attached hydrogen (secondary N) is 1. The van der Waals surface area contributed by atoms with Gasteiger partial charge in [-0.05, 0) is 37.7 Å². The minimum absolute atomic E-state index is 0.150. The number of thiophene rings is 1. The van der Waals surface area contributed by atoms with Gasteiger partial charge in [-0.1, -0.05) is 6.92 Å². The standard InChI is InChI=1S/C14H19NO3S/c1-3-8-18-14(17)12-10-6-4-5-7-11(10)19-13(12)15-9(2)16/h3-8H2,1-2H3,(H,15,16). The van der Waals surface area contributed by atoms with Gasteiger partial charge in [0.2, 0.25) is 5.91 Å². The van der Waals surface area contributed by atoms with Crippen molar-refractivity contribution in [3.8, 4) is 0 Å². The minimum Gasteiger partial charge on any atom is -0.462 e. The molecule has 1 aliphatic rings. The van der Waals surface area contributed by atoms with Crippen LogP contribution in [-0.4, -0.2) is 18.5 Å². The maximum absolute atomic E-state index is 12.2. The lowest BCUT2D eigenvalue weighted by Crippen LogP contribution is -2.13. The van der Waals surface area contributed by atoms with Crippen molar-refractivity contribution in [3.05, 3.63) is 16.0 Å². The predicted octanol–water partition coefficient (Wildman–Crippen LogP) is 3.15. The van der Waals surface area contributed by atoms with Crippen molar-refractivity contribution in [3.63, 3.8) is 0 Å². The molecule has 104 valence electrons. The molecule has 4 nitrogen and oxygen atoms in total. The van der Waals surface area contributed by atoms with Gasteiger partial charge in [-0.25, -0.2) is 4.79 Å². The van der Waals surface area contributed by atoms with E-state index in [9.17, 15) is 9.59 Å². The Morgan fingerprint density at radius 3 is 2.74 bits per heavy atom. The Bertz CT molecular complexity index is 493. The molecule has 1 aromatic heterocycles. The quantitative estimate of drug-likeness (QED) is 0.863. The average Bonchev–Trinajstić information content (AvgIpc) is 2.72. The summed E-state index contributed by atoms with van der Waals surface area (Å²) < 4.78 is 5.24. The number of carbonyl (C=O) groups is 2. The first-order chi connectivity index (χ1) is 9.13. The van der Waals surface area contributed by atoms with E-state index in [0.29, 0.717) is 17.2 Å². The number of amides is 1. The van der Waals surface area contributed by atoms with E-state index in [1.54, 1.807) is 0 Å². The number of fused-ring (bicyclic) bond motifs is 1. The zero-order valence-electron chi connectivity index (χ0n) is 11.4. The second-order valence-electron chi connectivity index (χ2n) is 4.73. The van der Waals surface area contributed by atoms with Gasteiger partial charge in [-0.15, -0.1) is 11.3 Å². The van der Waals surface area contributed by atoms with Crippen molar-refractivity contribution in [1.29, 1.82) is 0 Å². The van der Waals surface area contributed by atoms with Crippen LogP contribution >= 0.6 is 11.3 Å². The Balaban J connectivity index is 2.33. The molecular formula is C14H19NO3S. The number of hydrogen-bond acceptors (Lipinski definition) is 4. The Morgan fingerprint density at radius 2 is 2.05 bits per heavy atom. The van der Waals surface area contributed by atoms with Gasteiger partial charge in [0.05, 0.1) is 12.2 Å². The van der Waals surface area contributed by atoms with Crippen LogP contribution in [-0.2, 0) is 22.4 Å². The fourth-order valence-corrected chi connectivity index (χ4v) is 3.62. The van der Waals surface area contributed by atoms with E-state index in [1.165, 1.54) is 23.1 Å². The summed E-state index contributed by atoms with van der Waals surface area (Å²) in [5, 5.41) is 3.42. The second-order valence-corrected chi connectivity index (χ2v) is 5.84. The largest absolute Gasteiger partial charge is 0.462 e. The smallest absolute Gasteiger partial charge is 0.341 e. The average molecular weight is 281 g/mol. The van der Waals surface area contributed by atoms with E-state index >= 15 is 0 Å². The molecule has 19 heavy (non-hydrogen) atoms. The van der Waals surface area contributed by atoms with Crippen LogP contribution in [0.1, 0.15) is 53.9 Å². The molecule has 0 fully saturated rings. The summed E-state index contributed by atoms with van der Waals surface area (Å²) in [6.45, 7) is 3.84. The highest BCUT2D eigenvalue weighted by Gasteiger charge is 2.26. The monoisotopic (exact) mass is 281 g/mol. The molecule has 0 unspecified atom stereocenters. The maximum atomic E-state index is 12.2. The summed E-state index contributed by atoms with van der Waals surface area (Å²) >= 11 is 1.52. The maximum Gasteiger partial charge on any atom is 0.341 e. The Labute approximate surface area is 117 Å². The van der Waals surface area contributed by atoms with Gasteiger partial charge < -0.3 is 10.1 Å². The third kappa shape index (κ3) is 3.15. The van der Waals surface area contributed by atoms with Gasteiger partial charge in [0, 0.05) is 11.8 Å². The third-order valence-electron chi connectivity index (χ3n) is 3.10. The lowest BCUT2D eigenvalue weighted by atomic mass is 9.95. The normalized spacial score (nSPS) is 13.8. The van der Waals surface area contributed by atoms with Crippen LogP contribution in [0.25, 0.3) is 0 Å². The van der Waals surface area contributed by atoms with Gasteiger partial charge in [0.1, 0.15) is 5.00 Å². The van der Waals surface area contributed by atoms with Crippen molar-refractivity contribution >= 4 is 28.2 Å². The van der Waals surface area contributed by atoms with Gasteiger partial charge >= 0.3 is 5.97 Å². The Hall–Kier alpha value is -1.36. The zero-order chi connectivity index (χ0) is 13.8. The minimum atomic E-state index is -0.301. The van der Waals surface area contributed by atoms with E-state index in [4.69, 9.17) is 4.74 Å². The Kier molecular flexibility index (Phi) is 4.58. The number of esters is 1. The fourth-order valence-electron chi connectivity index (χ4n) is 2.30. The van der Waals surface area contributed by atoms with Gasteiger partial charge in [-0.3, -0.25) is 4.79 Å². The number of carbonyl (C=O) groups excluding carboxylic acids is 2. The predicted molar refractivity (Wildman–Crippen MR) is 75.8 cm³/mol. The van der Waals surface area contributed by atoms with Crippen LogP contribution in [0.3, 0.4) is 0 Å². The first-order valence-corrected chi connectivity index (χ1v) is 7.54. The summed E-state index contributed by atoms with van der Waals surface area (Å²) in [5.41, 5.74) is 1.67. The van der Waals surface area contributed by atoms with Crippen LogP contribution in [0, 0.1) is 0 Å². The summed E-state index contributed by atoms with van der Waals surface area (Å²) in [6.07, 6.45) is 4.94. The molecule has 0 spiro atoms. The molecule has 0 atom stereocenters. The lowest BCUT2D eigenvalue weighted by Gasteiger charge is -2.12. The summed E-state index contributed by atoms with van der Waals surface area (Å²) in [7, 11) is 0. The molecule has 1 heterocycles. The first-order valence-electron chi connectivity index (χ1n) is 6.72. The van der Waals surface area contributed by atoms with Gasteiger partial charge in [0.25, 0.3) is 0 Å². The molecule has 0 radical (unpaired) electrons. The van der Waals surface area contributed by atoms with Crippen molar-refractivity contribution in [2.75, 3.05) is 11.9 Å². The van der Waals surface area contributed by atoms with Gasteiger partial charge in [-0.2, -0.15) is 0 Å². The molecule has 0 aliphatic heterocycles. The van der Waals surface area contributed by atoms with E-state index in [2.05, 4.69) is 5.32 Å². The number of ether oxygens (including phenoxy) is 1. The molecule has 2 rings (SSSR count). The molecule has 0 aromatic carbocycles. The molecule has 0 saturated carbocycles. The second kappa shape index (κ2) is 6.19. The SMILES string of the molecule is CCCOC(=O)c1c(NC(C)=O)sc2c1CCCC2. The van der Waals surface area contributed by atoms with Crippen molar-refractivity contribution < 1.29 is 14.3 Å². The highest BCUT2D eigenvalue weighted by Crippen LogP contribution is 2.38. The number of rotatable bonds is 4. The van der Waals surface area contributed by atoms with E-state index in [0.717, 1.165) is 37.7 Å². The molecule has 1 aliphatic carbocycles. The van der Waals surface area contributed by atoms with Crippen molar-refractivity contribution in [1.82, 2.24) is 0 Å². The molecular weight excluding hydrogens is 262 g/mol. The topological polar surface area (TPSA) is 55.4 Å². The molecule has 1 aromatic rings. The van der Waals surface area contributed by atoms with E-state index in [-0.39, 0.29) is 11.9 Å².